The number of ether oxygens (including phenoxy) is 2. The Hall–Kier alpha value is -2.04. The second-order valence-electron chi connectivity index (χ2n) is 7.76. The second-order valence-corrected chi connectivity index (χ2v) is 12.3. The highest BCUT2D eigenvalue weighted by molar-refractivity contribution is 14.1. The van der Waals surface area contributed by atoms with Crippen LogP contribution >= 0.6 is 41.5 Å². The van der Waals surface area contributed by atoms with Gasteiger partial charge in [0.05, 0.1) is 24.8 Å². The largest absolute Gasteiger partial charge is 0.492 e. The van der Waals surface area contributed by atoms with Crippen molar-refractivity contribution in [3.8, 4) is 11.5 Å². The summed E-state index contributed by atoms with van der Waals surface area (Å²) < 4.78 is 58.5. The van der Waals surface area contributed by atoms with Gasteiger partial charge < -0.3 is 17.9 Å². The van der Waals surface area contributed by atoms with Crippen LogP contribution in [0.5, 0.6) is 11.5 Å². The van der Waals surface area contributed by atoms with Crippen LogP contribution in [0, 0.1) is 0 Å². The lowest BCUT2D eigenvalue weighted by Gasteiger charge is -2.18. The molecule has 0 heterocycles. The number of rotatable bonds is 12. The van der Waals surface area contributed by atoms with Crippen molar-refractivity contribution in [2.45, 2.75) is 23.1 Å². The smallest absolute Gasteiger partial charge is 0.270 e. The molecular weight excluding hydrogens is 652 g/mol. The van der Waals surface area contributed by atoms with Crippen molar-refractivity contribution in [3.05, 3.63) is 78.4 Å². The maximum absolute atomic E-state index is 13.8. The molecule has 0 bridgehead atoms. The van der Waals surface area contributed by atoms with Gasteiger partial charge in [-0.15, -0.1) is 0 Å². The van der Waals surface area contributed by atoms with Crippen molar-refractivity contribution < 1.29 is 30.1 Å². The summed E-state index contributed by atoms with van der Waals surface area (Å²) in [6.07, 6.45) is 0. The maximum Gasteiger partial charge on any atom is 0.270 e. The molecule has 0 fully saturated rings. The van der Waals surface area contributed by atoms with Gasteiger partial charge in [0.15, 0.2) is 0 Å². The lowest BCUT2D eigenvalue weighted by atomic mass is 9.99. The fourth-order valence-corrected chi connectivity index (χ4v) is 5.20. The van der Waals surface area contributed by atoms with Gasteiger partial charge in [0.25, 0.3) is 15.4 Å². The van der Waals surface area contributed by atoms with Crippen molar-refractivity contribution in [1.82, 2.24) is 0 Å². The first-order valence-electron chi connectivity index (χ1n) is 11.0. The molecule has 1 amide bonds. The number of alkyl halides is 1. The molecule has 0 saturated carbocycles. The van der Waals surface area contributed by atoms with Crippen LogP contribution in [0.15, 0.2) is 77.7 Å². The van der Waals surface area contributed by atoms with Gasteiger partial charge in [0.1, 0.15) is 39.4 Å². The molecule has 0 saturated heterocycles. The Balaban J connectivity index is 1.85. The van der Waals surface area contributed by atoms with E-state index in [1.165, 1.54) is 42.5 Å². The number of anilines is 2. The van der Waals surface area contributed by atoms with Crippen molar-refractivity contribution >= 4 is 68.8 Å². The third-order valence-corrected chi connectivity index (χ3v) is 6.93. The van der Waals surface area contributed by atoms with E-state index in [2.05, 4.69) is 10.0 Å². The summed E-state index contributed by atoms with van der Waals surface area (Å²) in [6.45, 7) is 2.07. The molecule has 198 valence electrons. The molecule has 2 unspecified atom stereocenters. The first-order chi connectivity index (χ1) is 17.5. The second kappa shape index (κ2) is 13.2. The Morgan fingerprint density at radius 3 is 2.43 bits per heavy atom. The van der Waals surface area contributed by atoms with Gasteiger partial charge in [-0.25, -0.2) is 8.42 Å². The average Bonchev–Trinajstić information content (AvgIpc) is 2.82. The van der Waals surface area contributed by atoms with E-state index < -0.39 is 21.3 Å². The fourth-order valence-electron chi connectivity index (χ4n) is 3.39. The molecule has 0 aliphatic heterocycles. The summed E-state index contributed by atoms with van der Waals surface area (Å²) in [7, 11) is -0.365. The highest BCUT2D eigenvalue weighted by Crippen LogP contribution is 2.34. The summed E-state index contributed by atoms with van der Waals surface area (Å²) in [5, 5.41) is 0.713. The van der Waals surface area contributed by atoms with Crippen LogP contribution in [0.2, 0.25) is 0 Å². The summed E-state index contributed by atoms with van der Waals surface area (Å²) >= 11 is 1.74. The number of nitrogens with one attached hydrogen (secondary N) is 2. The molecule has 0 aliphatic carbocycles. The van der Waals surface area contributed by atoms with Crippen molar-refractivity contribution in [1.29, 1.82) is 0 Å². The van der Waals surface area contributed by atoms with Gasteiger partial charge in [-0.05, 0) is 55.2 Å². The molecule has 3 aromatic carbocycles. The Morgan fingerprint density at radius 1 is 1.05 bits per heavy atom. The third kappa shape index (κ3) is 8.75. The molecule has 2 N–H and O–H groups in total. The lowest BCUT2D eigenvalue weighted by molar-refractivity contribution is -0.118. The average molecular weight is 678 g/mol. The molecule has 0 radical (unpaired) electrons. The highest BCUT2D eigenvalue weighted by atomic mass is 127. The molecule has 3 rings (SSSR count). The monoisotopic (exact) mass is 678 g/mol. The number of hydrogen-bond acceptors (Lipinski definition) is 6. The van der Waals surface area contributed by atoms with Gasteiger partial charge in [-0.1, -0.05) is 36.4 Å². The predicted octanol–water partition coefficient (Wildman–Crippen LogP) is 5.68. The van der Waals surface area contributed by atoms with E-state index in [0.29, 0.717) is 5.69 Å². The van der Waals surface area contributed by atoms with Gasteiger partial charge in [0, 0.05) is 17.8 Å². The topological polar surface area (TPSA) is 103 Å². The molecule has 13 heteroatoms. The van der Waals surface area contributed by atoms with E-state index in [0.717, 1.165) is 5.56 Å². The van der Waals surface area contributed by atoms with E-state index in [1.807, 2.05) is 48.8 Å². The van der Waals surface area contributed by atoms with Crippen molar-refractivity contribution in [2.24, 2.45) is 0 Å². The predicted molar refractivity (Wildman–Crippen MR) is 157 cm³/mol. The van der Waals surface area contributed by atoms with Crippen LogP contribution in [-0.2, 0) is 17.9 Å². The Labute approximate surface area is 234 Å². The minimum Gasteiger partial charge on any atom is -0.492 e. The van der Waals surface area contributed by atoms with E-state index >= 15 is 0 Å². The summed E-state index contributed by atoms with van der Waals surface area (Å²) in [5.74, 6) is -0.708. The van der Waals surface area contributed by atoms with E-state index in [-0.39, 0.29) is 41.2 Å². The van der Waals surface area contributed by atoms with Crippen molar-refractivity contribution in [2.75, 3.05) is 23.3 Å². The quantitative estimate of drug-likeness (QED) is 0.189. The SMILES string of the molecule is CCOc1cc(NC(=O)[C@H](COI)c2ccccc2)ccc1S(=O)(=O)Nc1cccc(OC(F)(P)P)c1. The lowest BCUT2D eigenvalue weighted by Crippen LogP contribution is -2.24. The van der Waals surface area contributed by atoms with Crippen LogP contribution in [0.3, 0.4) is 0 Å². The zero-order valence-electron chi connectivity index (χ0n) is 19.7. The van der Waals surface area contributed by atoms with Gasteiger partial charge in [-0.3, -0.25) is 9.52 Å². The minimum absolute atomic E-state index is 0.0549. The summed E-state index contributed by atoms with van der Waals surface area (Å²) in [6, 6.07) is 19.3. The third-order valence-electron chi connectivity index (χ3n) is 4.91. The van der Waals surface area contributed by atoms with Gasteiger partial charge in [0.2, 0.25) is 5.91 Å². The number of carbonyl (C=O) groups is 1. The van der Waals surface area contributed by atoms with Crippen LogP contribution in [-0.4, -0.2) is 32.9 Å². The zero-order chi connectivity index (χ0) is 27.1. The first kappa shape index (κ1) is 29.5. The molecule has 0 aromatic heterocycles. The number of carbonyl (C=O) groups excluding carboxylic acids is 1. The molecular formula is C24H26FIN2O6P2S. The molecule has 37 heavy (non-hydrogen) atoms. The van der Waals surface area contributed by atoms with Crippen LogP contribution in [0.1, 0.15) is 18.4 Å². The fraction of sp³-hybridized carbons (Fsp3) is 0.208. The summed E-state index contributed by atoms with van der Waals surface area (Å²) in [4.78, 5) is 12.9. The molecule has 3 aromatic rings. The number of amides is 1. The molecule has 0 aliphatic rings. The Morgan fingerprint density at radius 2 is 1.78 bits per heavy atom. The Kier molecular flexibility index (Phi) is 10.5. The van der Waals surface area contributed by atoms with Crippen LogP contribution in [0.4, 0.5) is 15.8 Å². The zero-order valence-corrected chi connectivity index (χ0v) is 25.0. The van der Waals surface area contributed by atoms with Gasteiger partial charge >= 0.3 is 0 Å². The first-order valence-corrected chi connectivity index (χ1v) is 14.5. The van der Waals surface area contributed by atoms with E-state index in [1.54, 1.807) is 29.9 Å². The van der Waals surface area contributed by atoms with Crippen LogP contribution in [0.25, 0.3) is 0 Å². The molecule has 8 nitrogen and oxygen atoms in total. The number of hydrogen-bond donors (Lipinski definition) is 2. The van der Waals surface area contributed by atoms with Crippen molar-refractivity contribution in [3.63, 3.8) is 0 Å². The maximum atomic E-state index is 13.8. The van der Waals surface area contributed by atoms with E-state index in [9.17, 15) is 17.6 Å². The standard InChI is InChI=1S/C24H26FIN2O6P2S/c1-2-32-21-14-17(27-23(29)20(15-33-26)16-7-4-3-5-8-16)11-12-22(21)37(30,31)28-18-9-6-10-19(13-18)34-24(25,35)36/h3-14,20,28H,2,15,35-36H2,1H3,(H,27,29)/t20-/m1/s1. The van der Waals surface area contributed by atoms with E-state index in [4.69, 9.17) is 12.5 Å². The van der Waals surface area contributed by atoms with Gasteiger partial charge in [-0.2, -0.15) is 4.39 Å². The number of sulfonamides is 1. The van der Waals surface area contributed by atoms with Crippen LogP contribution < -0.4 is 19.5 Å². The molecule has 0 spiro atoms. The minimum atomic E-state index is -4.11. The number of halogens is 2. The highest BCUT2D eigenvalue weighted by Gasteiger charge is 2.24. The Bertz CT molecular complexity index is 1330. The normalized spacial score (nSPS) is 12.5. The number of benzene rings is 3. The summed E-state index contributed by atoms with van der Waals surface area (Å²) in [5.41, 5.74) is 1.31. The molecule has 3 atom stereocenters.